The molecule has 5 atom stereocenters. The summed E-state index contributed by atoms with van der Waals surface area (Å²) < 4.78 is 1.36. The van der Waals surface area contributed by atoms with Gasteiger partial charge >= 0.3 is 0 Å². The van der Waals surface area contributed by atoms with Crippen molar-refractivity contribution in [1.82, 2.24) is 0 Å². The van der Waals surface area contributed by atoms with E-state index in [0.717, 1.165) is 40.4 Å². The van der Waals surface area contributed by atoms with Crippen molar-refractivity contribution in [3.8, 4) is 0 Å². The number of hydrogen-bond acceptors (Lipinski definition) is 0. The largest absolute Gasteiger partial charge is 0.0968 e. The maximum atomic E-state index is 2.64. The van der Waals surface area contributed by atoms with Gasteiger partial charge in [-0.1, -0.05) is 72.1 Å². The van der Waals surface area contributed by atoms with E-state index in [1.54, 1.807) is 25.4 Å². The summed E-state index contributed by atoms with van der Waals surface area (Å²) in [4.78, 5) is 0. The van der Waals surface area contributed by atoms with Crippen LogP contribution in [0, 0.1) is 29.6 Å². The Bertz CT molecular complexity index is 338. The van der Waals surface area contributed by atoms with E-state index in [1.807, 2.05) is 0 Å². The first-order valence-corrected chi connectivity index (χ1v) is 12.2. The van der Waals surface area contributed by atoms with E-state index in [2.05, 4.69) is 64.1 Å². The summed E-state index contributed by atoms with van der Waals surface area (Å²) in [5.74, 6) is 4.68. The zero-order chi connectivity index (χ0) is 15.8. The second kappa shape index (κ2) is 7.37. The molecule has 0 aromatic rings. The highest BCUT2D eigenvalue weighted by molar-refractivity contribution is 14.1. The number of hydrogen-bond donors (Lipinski definition) is 0. The topological polar surface area (TPSA) is 0 Å². The number of fused-ring (bicyclic) bond motifs is 1. The van der Waals surface area contributed by atoms with Gasteiger partial charge in [0.05, 0.1) is 0 Å². The summed E-state index contributed by atoms with van der Waals surface area (Å²) in [5, 5.41) is 0.809. The quantitative estimate of drug-likeness (QED) is 0.241. The van der Waals surface area contributed by atoms with Gasteiger partial charge in [0.2, 0.25) is 0 Å². The van der Waals surface area contributed by atoms with Crippen molar-refractivity contribution in [2.75, 3.05) is 10.6 Å². The van der Waals surface area contributed by atoms with Crippen molar-refractivity contribution in [1.29, 1.82) is 0 Å². The van der Waals surface area contributed by atoms with Gasteiger partial charge < -0.3 is 0 Å². The lowest BCUT2D eigenvalue weighted by molar-refractivity contribution is 0.271. The molecular formula is C19H36IP. The molecular weight excluding hydrogens is 386 g/mol. The average Bonchev–Trinajstić information content (AvgIpc) is 2.66. The zero-order valence-electron chi connectivity index (χ0n) is 15.0. The van der Waals surface area contributed by atoms with Crippen LogP contribution in [0.4, 0.5) is 0 Å². The highest BCUT2D eigenvalue weighted by Crippen LogP contribution is 2.77. The van der Waals surface area contributed by atoms with Crippen molar-refractivity contribution >= 4 is 30.5 Å². The van der Waals surface area contributed by atoms with Gasteiger partial charge in [0.1, 0.15) is 0 Å². The van der Waals surface area contributed by atoms with Gasteiger partial charge in [-0.2, -0.15) is 0 Å². The molecule has 0 aromatic heterocycles. The summed E-state index contributed by atoms with van der Waals surface area (Å²) in [6.07, 6.45) is 7.83. The molecule has 2 rings (SSSR count). The van der Waals surface area contributed by atoms with Crippen LogP contribution in [0.2, 0.25) is 0 Å². The van der Waals surface area contributed by atoms with Crippen molar-refractivity contribution < 1.29 is 0 Å². The first kappa shape index (κ1) is 18.5. The third-order valence-electron chi connectivity index (χ3n) is 6.21. The highest BCUT2D eigenvalue weighted by Gasteiger charge is 2.58. The molecule has 0 nitrogen and oxygen atoms in total. The van der Waals surface area contributed by atoms with Crippen LogP contribution in [-0.4, -0.2) is 21.4 Å². The van der Waals surface area contributed by atoms with E-state index in [0.29, 0.717) is 7.92 Å². The Morgan fingerprint density at radius 3 is 2.24 bits per heavy atom. The molecule has 21 heavy (non-hydrogen) atoms. The molecule has 0 aliphatic carbocycles. The Labute approximate surface area is 148 Å². The molecule has 0 N–H and O–H groups in total. The van der Waals surface area contributed by atoms with E-state index in [9.17, 15) is 0 Å². The zero-order valence-corrected chi connectivity index (χ0v) is 18.1. The van der Waals surface area contributed by atoms with Gasteiger partial charge in [0.15, 0.2) is 0 Å². The maximum absolute atomic E-state index is 2.64. The molecule has 0 saturated carbocycles. The van der Waals surface area contributed by atoms with Crippen molar-refractivity contribution in [2.45, 2.75) is 78.0 Å². The Morgan fingerprint density at radius 1 is 1.10 bits per heavy atom. The van der Waals surface area contributed by atoms with Gasteiger partial charge in [-0.15, -0.1) is 0 Å². The van der Waals surface area contributed by atoms with Gasteiger partial charge in [0, 0.05) is 4.43 Å². The second-order valence-electron chi connectivity index (χ2n) is 8.93. The van der Waals surface area contributed by atoms with Crippen molar-refractivity contribution in [3.05, 3.63) is 0 Å². The van der Waals surface area contributed by atoms with Crippen molar-refractivity contribution in [3.63, 3.8) is 0 Å². The molecule has 2 aliphatic rings. The first-order chi connectivity index (χ1) is 9.79. The Hall–Kier alpha value is 1.16. The third kappa shape index (κ3) is 3.98. The summed E-state index contributed by atoms with van der Waals surface area (Å²) in [7, 11) is 0.336. The van der Waals surface area contributed by atoms with E-state index in [4.69, 9.17) is 0 Å². The molecule has 0 bridgehead atoms. The lowest BCUT2D eigenvalue weighted by Crippen LogP contribution is -2.44. The summed E-state index contributed by atoms with van der Waals surface area (Å²) >= 11 is 2.64. The fourth-order valence-electron chi connectivity index (χ4n) is 4.73. The maximum Gasteiger partial charge on any atom is 0.00264 e. The summed E-state index contributed by atoms with van der Waals surface area (Å²) in [5.41, 5.74) is 1.12. The molecule has 2 saturated heterocycles. The number of halogens is 1. The molecule has 2 aliphatic heterocycles. The molecule has 124 valence electrons. The Balaban J connectivity index is 2.08. The minimum absolute atomic E-state index is 0.336. The van der Waals surface area contributed by atoms with Crippen LogP contribution in [0.25, 0.3) is 0 Å². The summed E-state index contributed by atoms with van der Waals surface area (Å²) in [6.45, 7) is 14.7. The fourth-order valence-corrected chi connectivity index (χ4v) is 10.9. The first-order valence-electron chi connectivity index (χ1n) is 9.11. The van der Waals surface area contributed by atoms with Gasteiger partial charge in [-0.3, -0.25) is 0 Å². The molecule has 0 amide bonds. The smallest absolute Gasteiger partial charge is 0.00264 e. The number of alkyl halides is 1. The Morgan fingerprint density at radius 2 is 1.76 bits per heavy atom. The van der Waals surface area contributed by atoms with Crippen LogP contribution in [0.3, 0.4) is 0 Å². The highest BCUT2D eigenvalue weighted by atomic mass is 127. The predicted octanol–water partition coefficient (Wildman–Crippen LogP) is 6.80. The normalized spacial score (nSPS) is 37.1. The van der Waals surface area contributed by atoms with Crippen LogP contribution >= 0.6 is 30.5 Å². The number of rotatable bonds is 7. The standard InChI is InChI=1S/C19H36IP/c1-13(2)7-18-10-19(8-16(11-20)14(3)4)9-17(15(5)6)12-21(18)19/h13-18H,7-12H2,1-6H3. The van der Waals surface area contributed by atoms with Crippen LogP contribution in [0.5, 0.6) is 0 Å². The van der Waals surface area contributed by atoms with Gasteiger partial charge in [0.25, 0.3) is 0 Å². The third-order valence-corrected chi connectivity index (χ3v) is 11.2. The van der Waals surface area contributed by atoms with Crippen LogP contribution in [0.15, 0.2) is 0 Å². The molecule has 2 heteroatoms. The second-order valence-corrected chi connectivity index (χ2v) is 12.8. The molecule has 0 radical (unpaired) electrons. The molecule has 2 fully saturated rings. The monoisotopic (exact) mass is 422 g/mol. The summed E-state index contributed by atoms with van der Waals surface area (Å²) in [6, 6.07) is 0. The van der Waals surface area contributed by atoms with Crippen LogP contribution in [-0.2, 0) is 0 Å². The van der Waals surface area contributed by atoms with Gasteiger partial charge in [-0.05, 0) is 72.2 Å². The van der Waals surface area contributed by atoms with Crippen LogP contribution < -0.4 is 0 Å². The minimum Gasteiger partial charge on any atom is -0.0968 e. The van der Waals surface area contributed by atoms with E-state index >= 15 is 0 Å². The molecule has 0 spiro atoms. The molecule has 0 aromatic carbocycles. The average molecular weight is 422 g/mol. The Kier molecular flexibility index (Phi) is 6.49. The minimum atomic E-state index is 0.336. The van der Waals surface area contributed by atoms with Crippen LogP contribution in [0.1, 0.15) is 67.2 Å². The van der Waals surface area contributed by atoms with E-state index in [-0.39, 0.29) is 0 Å². The lowest BCUT2D eigenvalue weighted by Gasteiger charge is -2.54. The van der Waals surface area contributed by atoms with Crippen molar-refractivity contribution in [2.24, 2.45) is 29.6 Å². The van der Waals surface area contributed by atoms with Gasteiger partial charge in [-0.25, -0.2) is 0 Å². The van der Waals surface area contributed by atoms with E-state index < -0.39 is 0 Å². The lowest BCUT2D eigenvalue weighted by atomic mass is 9.77. The SMILES string of the molecule is CC(C)CC1CC2(CC(CI)C(C)C)CC(C(C)C)CP12. The predicted molar refractivity (Wildman–Crippen MR) is 107 cm³/mol. The fraction of sp³-hybridized carbons (Fsp3) is 1.00. The molecule has 5 unspecified atom stereocenters. The molecule has 2 heterocycles. The van der Waals surface area contributed by atoms with E-state index in [1.165, 1.54) is 10.8 Å².